The van der Waals surface area contributed by atoms with Gasteiger partial charge in [-0.1, -0.05) is 18.2 Å². The van der Waals surface area contributed by atoms with Crippen LogP contribution in [-0.4, -0.2) is 45.5 Å². The summed E-state index contributed by atoms with van der Waals surface area (Å²) in [5, 5.41) is 10.4. The van der Waals surface area contributed by atoms with Gasteiger partial charge in [-0.3, -0.25) is 9.36 Å². The van der Waals surface area contributed by atoms with Crippen molar-refractivity contribution in [3.05, 3.63) is 56.9 Å². The fraction of sp³-hybridized carbons (Fsp3) is 0.312. The number of carbonyl (C=O) groups excluding carboxylic acids is 1. The van der Waals surface area contributed by atoms with Gasteiger partial charge < -0.3 is 19.3 Å². The van der Waals surface area contributed by atoms with Crippen LogP contribution in [0.15, 0.2) is 45.8 Å². The zero-order valence-electron chi connectivity index (χ0n) is 12.7. The summed E-state index contributed by atoms with van der Waals surface area (Å²) in [6.07, 6.45) is -1.63. The molecule has 9 heteroatoms. The normalized spacial score (nSPS) is 26.6. The Bertz CT molecular complexity index is 871. The van der Waals surface area contributed by atoms with Crippen molar-refractivity contribution in [3.63, 3.8) is 0 Å². The van der Waals surface area contributed by atoms with Gasteiger partial charge in [0.2, 0.25) is 0 Å². The quantitative estimate of drug-likeness (QED) is 0.752. The molecule has 4 rings (SSSR count). The first kappa shape index (κ1) is 16.2. The smallest absolute Gasteiger partial charge is 0.338 e. The lowest BCUT2D eigenvalue weighted by Crippen LogP contribution is -2.36. The molecule has 1 fully saturated rings. The highest BCUT2D eigenvalue weighted by molar-refractivity contribution is 9.10. The summed E-state index contributed by atoms with van der Waals surface area (Å²) in [6, 6.07) is 8.63. The molecule has 2 aromatic rings. The lowest BCUT2D eigenvalue weighted by Gasteiger charge is -2.17. The van der Waals surface area contributed by atoms with Gasteiger partial charge in [0.05, 0.1) is 5.56 Å². The number of halogens is 1. The summed E-state index contributed by atoms with van der Waals surface area (Å²) in [4.78, 5) is 27.3. The molecular weight excluding hydrogens is 396 g/mol. The van der Waals surface area contributed by atoms with E-state index in [1.54, 1.807) is 30.3 Å². The van der Waals surface area contributed by atoms with E-state index in [0.29, 0.717) is 5.56 Å². The van der Waals surface area contributed by atoms with Crippen molar-refractivity contribution in [2.45, 2.75) is 24.5 Å². The third-order valence-electron chi connectivity index (χ3n) is 4.09. The average molecular weight is 409 g/mol. The first-order valence-corrected chi connectivity index (χ1v) is 8.35. The second kappa shape index (κ2) is 6.25. The second-order valence-corrected chi connectivity index (χ2v) is 6.54. The van der Waals surface area contributed by atoms with Gasteiger partial charge in [0.25, 0.3) is 5.56 Å². The van der Waals surface area contributed by atoms with Gasteiger partial charge in [0, 0.05) is 6.20 Å². The van der Waals surface area contributed by atoms with Gasteiger partial charge in [0.1, 0.15) is 23.3 Å². The number of aliphatic hydroxyl groups excluding tert-OH is 1. The summed E-state index contributed by atoms with van der Waals surface area (Å²) in [6.45, 7) is -0.116. The Labute approximate surface area is 150 Å². The van der Waals surface area contributed by atoms with E-state index in [1.807, 2.05) is 0 Å². The number of aromatic nitrogens is 2. The first-order valence-electron chi connectivity index (χ1n) is 7.55. The Morgan fingerprint density at radius 2 is 2.12 bits per heavy atom. The minimum atomic E-state index is -1.02. The molecule has 0 spiro atoms. The molecule has 4 unspecified atom stereocenters. The monoisotopic (exact) mass is 408 g/mol. The van der Waals surface area contributed by atoms with Crippen molar-refractivity contribution in [1.29, 1.82) is 0 Å². The van der Waals surface area contributed by atoms with Crippen LogP contribution in [0.2, 0.25) is 0 Å². The highest BCUT2D eigenvalue weighted by atomic mass is 79.9. The average Bonchev–Trinajstić information content (AvgIpc) is 3.11. The lowest BCUT2D eigenvalue weighted by molar-refractivity contribution is -0.0512. The number of nitrogens with zero attached hydrogens (tertiary/aromatic N) is 2. The molecule has 25 heavy (non-hydrogen) atoms. The molecule has 1 N–H and O–H groups in total. The molecule has 130 valence electrons. The number of ether oxygens (including phenoxy) is 3. The topological polar surface area (TPSA) is 99.9 Å². The minimum Gasteiger partial charge on any atom is -0.459 e. The Kier molecular flexibility index (Phi) is 4.06. The number of hydrogen-bond donors (Lipinski definition) is 1. The van der Waals surface area contributed by atoms with Crippen molar-refractivity contribution < 1.29 is 24.1 Å². The van der Waals surface area contributed by atoms with Crippen LogP contribution in [0.25, 0.3) is 0 Å². The van der Waals surface area contributed by atoms with Crippen LogP contribution in [-0.2, 0) is 9.47 Å². The number of benzene rings is 1. The molecule has 3 heterocycles. The largest absolute Gasteiger partial charge is 0.459 e. The van der Waals surface area contributed by atoms with E-state index >= 15 is 0 Å². The van der Waals surface area contributed by atoms with Crippen molar-refractivity contribution >= 4 is 21.9 Å². The number of aliphatic hydroxyl groups is 1. The fourth-order valence-corrected chi connectivity index (χ4v) is 3.15. The predicted molar refractivity (Wildman–Crippen MR) is 87.3 cm³/mol. The van der Waals surface area contributed by atoms with E-state index in [1.165, 1.54) is 10.8 Å². The lowest BCUT2D eigenvalue weighted by atomic mass is 10.1. The van der Waals surface area contributed by atoms with E-state index in [9.17, 15) is 14.7 Å². The highest BCUT2D eigenvalue weighted by Crippen LogP contribution is 2.39. The number of esters is 1. The van der Waals surface area contributed by atoms with Crippen molar-refractivity contribution in [3.8, 4) is 6.01 Å². The van der Waals surface area contributed by atoms with E-state index in [-0.39, 0.29) is 17.1 Å². The SMILES string of the molecule is O=C(OCC1OC2C(Oc3nc(=O)c(Br)cn32)C1O)c1ccccc1. The number of carbonyl (C=O) groups is 1. The third kappa shape index (κ3) is 2.84. The molecule has 0 amide bonds. The van der Waals surface area contributed by atoms with Crippen LogP contribution in [0.1, 0.15) is 16.6 Å². The fourth-order valence-electron chi connectivity index (χ4n) is 2.84. The van der Waals surface area contributed by atoms with Crippen LogP contribution in [0, 0.1) is 0 Å². The number of rotatable bonds is 3. The molecule has 2 aliphatic rings. The van der Waals surface area contributed by atoms with Crippen molar-refractivity contribution in [2.75, 3.05) is 6.61 Å². The van der Waals surface area contributed by atoms with E-state index in [4.69, 9.17) is 14.2 Å². The van der Waals surface area contributed by atoms with Gasteiger partial charge in [-0.2, -0.15) is 4.98 Å². The highest BCUT2D eigenvalue weighted by Gasteiger charge is 2.51. The van der Waals surface area contributed by atoms with Gasteiger partial charge in [-0.15, -0.1) is 0 Å². The van der Waals surface area contributed by atoms with Gasteiger partial charge in [0.15, 0.2) is 12.3 Å². The van der Waals surface area contributed by atoms with Crippen molar-refractivity contribution in [2.24, 2.45) is 0 Å². The molecule has 0 bridgehead atoms. The third-order valence-corrected chi connectivity index (χ3v) is 4.64. The molecule has 1 saturated heterocycles. The molecule has 0 saturated carbocycles. The van der Waals surface area contributed by atoms with Crippen LogP contribution in [0.3, 0.4) is 0 Å². The Morgan fingerprint density at radius 1 is 1.36 bits per heavy atom. The van der Waals surface area contributed by atoms with Crippen LogP contribution >= 0.6 is 15.9 Å². The maximum Gasteiger partial charge on any atom is 0.338 e. The van der Waals surface area contributed by atoms with E-state index in [2.05, 4.69) is 20.9 Å². The molecule has 1 aromatic heterocycles. The maximum absolute atomic E-state index is 12.0. The molecule has 2 aliphatic heterocycles. The summed E-state index contributed by atoms with van der Waals surface area (Å²) in [5.41, 5.74) is -0.0451. The van der Waals surface area contributed by atoms with Gasteiger partial charge in [-0.25, -0.2) is 4.79 Å². The Hall–Kier alpha value is -2.23. The van der Waals surface area contributed by atoms with E-state index < -0.39 is 36.1 Å². The molecular formula is C16H13BrN2O6. The molecule has 0 radical (unpaired) electrons. The van der Waals surface area contributed by atoms with Crippen LogP contribution in [0.5, 0.6) is 6.01 Å². The minimum absolute atomic E-state index is 0.0852. The predicted octanol–water partition coefficient (Wildman–Crippen LogP) is 0.882. The van der Waals surface area contributed by atoms with Crippen molar-refractivity contribution in [1.82, 2.24) is 9.55 Å². The maximum atomic E-state index is 12.0. The second-order valence-electron chi connectivity index (χ2n) is 5.69. The van der Waals surface area contributed by atoms with Gasteiger partial charge >= 0.3 is 12.0 Å². The zero-order valence-corrected chi connectivity index (χ0v) is 14.3. The summed E-state index contributed by atoms with van der Waals surface area (Å²) in [5.74, 6) is -0.497. The number of fused-ring (bicyclic) bond motifs is 3. The molecule has 8 nitrogen and oxygen atoms in total. The van der Waals surface area contributed by atoms with Crippen LogP contribution < -0.4 is 10.3 Å². The van der Waals surface area contributed by atoms with Gasteiger partial charge in [-0.05, 0) is 28.1 Å². The zero-order chi connectivity index (χ0) is 17.6. The first-order chi connectivity index (χ1) is 12.0. The summed E-state index contributed by atoms with van der Waals surface area (Å²) >= 11 is 3.11. The Morgan fingerprint density at radius 3 is 2.88 bits per heavy atom. The Balaban J connectivity index is 1.45. The molecule has 1 aromatic carbocycles. The number of hydrogen-bond acceptors (Lipinski definition) is 7. The summed E-state index contributed by atoms with van der Waals surface area (Å²) in [7, 11) is 0. The molecule has 4 atom stereocenters. The standard InChI is InChI=1S/C16H13BrN2O6/c17-9-6-19-14-12(25-16(19)18-13(9)21)11(20)10(24-14)7-23-15(22)8-4-2-1-3-5-8/h1-6,10-12,14,20H,7H2. The van der Waals surface area contributed by atoms with E-state index in [0.717, 1.165) is 0 Å². The summed E-state index contributed by atoms with van der Waals surface area (Å²) < 4.78 is 18.3. The van der Waals surface area contributed by atoms with Crippen LogP contribution in [0.4, 0.5) is 0 Å². The molecule has 0 aliphatic carbocycles.